The topological polar surface area (TPSA) is 61.5 Å². The molecule has 0 saturated carbocycles. The molecule has 1 aromatic heterocycles. The molecule has 0 bridgehead atoms. The third kappa shape index (κ3) is 4.87. The Kier molecular flexibility index (Phi) is 6.01. The van der Waals surface area contributed by atoms with Crippen LogP contribution >= 0.6 is 0 Å². The Morgan fingerprint density at radius 3 is 2.61 bits per heavy atom. The molecule has 6 nitrogen and oxygen atoms in total. The molecule has 1 amide bonds. The number of hydrogen-bond acceptors (Lipinski definition) is 4. The fourth-order valence-corrected chi connectivity index (χ4v) is 5.12. The second-order valence-corrected chi connectivity index (χ2v) is 8.97. The van der Waals surface area contributed by atoms with E-state index in [1.54, 1.807) is 4.90 Å². The number of rotatable bonds is 3. The number of likely N-dealkylation sites (tertiary alicyclic amines) is 2. The fourth-order valence-electron chi connectivity index (χ4n) is 5.12. The van der Waals surface area contributed by atoms with Crippen LogP contribution in [0.5, 0.6) is 0 Å². The molecule has 0 aliphatic carbocycles. The molecule has 1 atom stereocenters. The summed E-state index contributed by atoms with van der Waals surface area (Å²) in [5.41, 5.74) is -1.26. The van der Waals surface area contributed by atoms with Gasteiger partial charge >= 0.3 is 6.18 Å². The zero-order chi connectivity index (χ0) is 22.3. The first-order valence-corrected chi connectivity index (χ1v) is 10.7. The van der Waals surface area contributed by atoms with Crippen LogP contribution < -0.4 is 0 Å². The van der Waals surface area contributed by atoms with E-state index in [1.165, 1.54) is 0 Å². The molecule has 1 spiro atoms. The van der Waals surface area contributed by atoms with E-state index in [0.717, 1.165) is 6.20 Å². The lowest BCUT2D eigenvalue weighted by atomic mass is 9.71. The number of aromatic nitrogens is 2. The van der Waals surface area contributed by atoms with Crippen molar-refractivity contribution in [3.05, 3.63) is 17.7 Å². The monoisotopic (exact) mass is 450 g/mol. The van der Waals surface area contributed by atoms with Crippen molar-refractivity contribution in [3.63, 3.8) is 0 Å². The summed E-state index contributed by atoms with van der Waals surface area (Å²) in [5, 5.41) is 0. The van der Waals surface area contributed by atoms with Gasteiger partial charge in [0.05, 0.1) is 18.7 Å². The smallest absolute Gasteiger partial charge is 0.381 e. The number of aromatic amines is 1. The predicted octanol–water partition coefficient (Wildman–Crippen LogP) is 3.30. The Morgan fingerprint density at radius 1 is 1.19 bits per heavy atom. The number of carbonyl (C=O) groups excluding carboxylic acids is 1. The molecule has 0 aromatic carbocycles. The normalized spacial score (nSPS) is 26.9. The van der Waals surface area contributed by atoms with Crippen LogP contribution in [-0.2, 0) is 22.3 Å². The van der Waals surface area contributed by atoms with Crippen molar-refractivity contribution in [2.45, 2.75) is 50.7 Å². The molecule has 1 aromatic rings. The van der Waals surface area contributed by atoms with Crippen LogP contribution in [0, 0.1) is 11.3 Å². The summed E-state index contributed by atoms with van der Waals surface area (Å²) in [6.07, 6.45) is -2.69. The predicted molar refractivity (Wildman–Crippen MR) is 100 cm³/mol. The number of nitrogens with zero attached hydrogens (tertiary/aromatic N) is 3. The minimum atomic E-state index is -4.49. The lowest BCUT2D eigenvalue weighted by Gasteiger charge is -2.39. The van der Waals surface area contributed by atoms with Gasteiger partial charge in [0, 0.05) is 57.6 Å². The first kappa shape index (κ1) is 22.4. The number of ether oxygens (including phenoxy) is 1. The number of carbonyl (C=O) groups is 1. The summed E-state index contributed by atoms with van der Waals surface area (Å²) < 4.78 is 71.6. The zero-order valence-corrected chi connectivity index (χ0v) is 17.2. The highest BCUT2D eigenvalue weighted by molar-refractivity contribution is 5.80. The van der Waals surface area contributed by atoms with Crippen LogP contribution in [0.3, 0.4) is 0 Å². The number of H-pyrrole nitrogens is 1. The van der Waals surface area contributed by atoms with Gasteiger partial charge in [-0.3, -0.25) is 9.69 Å². The number of nitrogens with one attached hydrogen (secondary N) is 1. The van der Waals surface area contributed by atoms with Crippen LogP contribution in [0.1, 0.15) is 43.6 Å². The van der Waals surface area contributed by atoms with E-state index in [0.29, 0.717) is 45.7 Å². The SMILES string of the molecule is O=C([C@H]1CN(Cc2ncc(C(F)(F)F)[nH]2)CC12CCOCC2)N1CCCC(F)(F)CC1. The van der Waals surface area contributed by atoms with E-state index < -0.39 is 17.8 Å². The highest BCUT2D eigenvalue weighted by atomic mass is 19.4. The maximum atomic E-state index is 13.8. The molecule has 0 unspecified atom stereocenters. The molecule has 0 radical (unpaired) electrons. The van der Waals surface area contributed by atoms with Crippen molar-refractivity contribution < 1.29 is 31.5 Å². The number of amides is 1. The molecular formula is C20H27F5N4O2. The van der Waals surface area contributed by atoms with Crippen LogP contribution in [0.15, 0.2) is 6.20 Å². The van der Waals surface area contributed by atoms with Crippen molar-refractivity contribution in [1.82, 2.24) is 19.8 Å². The third-order valence-electron chi connectivity index (χ3n) is 6.84. The molecule has 1 N–H and O–H groups in total. The maximum Gasteiger partial charge on any atom is 0.432 e. The zero-order valence-electron chi connectivity index (χ0n) is 17.2. The summed E-state index contributed by atoms with van der Waals surface area (Å²) >= 11 is 0. The highest BCUT2D eigenvalue weighted by Crippen LogP contribution is 2.46. The van der Waals surface area contributed by atoms with Gasteiger partial charge in [-0.25, -0.2) is 13.8 Å². The Bertz CT molecular complexity index is 791. The Labute approximate surface area is 177 Å². The standard InChI is InChI=1S/C20H27F5N4O2/c21-19(22)2-1-6-29(7-3-19)17(30)14-11-28(13-18(14)4-8-31-9-5-18)12-16-26-10-15(27-16)20(23,24)25/h10,14H,1-9,11-13H2,(H,26,27)/t14-/m1/s1. The van der Waals surface area contributed by atoms with Crippen LogP contribution in [0.2, 0.25) is 0 Å². The largest absolute Gasteiger partial charge is 0.432 e. The molecular weight excluding hydrogens is 423 g/mol. The van der Waals surface area contributed by atoms with Gasteiger partial charge in [-0.2, -0.15) is 13.2 Å². The third-order valence-corrected chi connectivity index (χ3v) is 6.84. The second kappa shape index (κ2) is 8.31. The quantitative estimate of drug-likeness (QED) is 0.718. The first-order chi connectivity index (χ1) is 14.6. The fraction of sp³-hybridized carbons (Fsp3) is 0.800. The first-order valence-electron chi connectivity index (χ1n) is 10.7. The molecule has 31 heavy (non-hydrogen) atoms. The average molecular weight is 450 g/mol. The summed E-state index contributed by atoms with van der Waals surface area (Å²) in [6, 6.07) is 0. The van der Waals surface area contributed by atoms with E-state index >= 15 is 0 Å². The lowest BCUT2D eigenvalue weighted by Crippen LogP contribution is -2.46. The van der Waals surface area contributed by atoms with Gasteiger partial charge in [0.2, 0.25) is 11.8 Å². The van der Waals surface area contributed by atoms with E-state index in [9.17, 15) is 26.7 Å². The van der Waals surface area contributed by atoms with Crippen molar-refractivity contribution in [1.29, 1.82) is 0 Å². The van der Waals surface area contributed by atoms with Crippen LogP contribution in [0.4, 0.5) is 22.0 Å². The van der Waals surface area contributed by atoms with E-state index in [1.807, 2.05) is 4.90 Å². The number of alkyl halides is 5. The van der Waals surface area contributed by atoms with Crippen molar-refractivity contribution in [3.8, 4) is 0 Å². The van der Waals surface area contributed by atoms with Gasteiger partial charge in [0.1, 0.15) is 11.5 Å². The summed E-state index contributed by atoms with van der Waals surface area (Å²) in [7, 11) is 0. The van der Waals surface area contributed by atoms with E-state index in [2.05, 4.69) is 9.97 Å². The van der Waals surface area contributed by atoms with Crippen molar-refractivity contribution in [2.75, 3.05) is 39.4 Å². The maximum absolute atomic E-state index is 13.8. The van der Waals surface area contributed by atoms with Gasteiger partial charge in [-0.1, -0.05) is 0 Å². The van der Waals surface area contributed by atoms with Crippen molar-refractivity contribution in [2.24, 2.45) is 11.3 Å². The molecule has 4 heterocycles. The lowest BCUT2D eigenvalue weighted by molar-refractivity contribution is -0.141. The van der Waals surface area contributed by atoms with Gasteiger partial charge in [-0.05, 0) is 19.3 Å². The number of halogens is 5. The minimum absolute atomic E-state index is 0.0298. The number of hydrogen-bond donors (Lipinski definition) is 1. The molecule has 3 fully saturated rings. The number of imidazole rings is 1. The Morgan fingerprint density at radius 2 is 1.94 bits per heavy atom. The second-order valence-electron chi connectivity index (χ2n) is 8.97. The van der Waals surface area contributed by atoms with Crippen LogP contribution in [0.25, 0.3) is 0 Å². The summed E-state index contributed by atoms with van der Waals surface area (Å²) in [4.78, 5) is 23.1. The van der Waals surface area contributed by atoms with E-state index in [4.69, 9.17) is 4.74 Å². The van der Waals surface area contributed by atoms with Gasteiger partial charge in [0.15, 0.2) is 0 Å². The molecule has 11 heteroatoms. The van der Waals surface area contributed by atoms with Crippen LogP contribution in [-0.4, -0.2) is 71.0 Å². The van der Waals surface area contributed by atoms with E-state index in [-0.39, 0.29) is 55.4 Å². The van der Waals surface area contributed by atoms with Gasteiger partial charge in [-0.15, -0.1) is 0 Å². The van der Waals surface area contributed by atoms with Crippen molar-refractivity contribution >= 4 is 5.91 Å². The Balaban J connectivity index is 1.49. The summed E-state index contributed by atoms with van der Waals surface area (Å²) in [5.74, 6) is -3.07. The van der Waals surface area contributed by atoms with Gasteiger partial charge < -0.3 is 14.6 Å². The molecule has 4 rings (SSSR count). The molecule has 174 valence electrons. The minimum Gasteiger partial charge on any atom is -0.381 e. The van der Waals surface area contributed by atoms with Gasteiger partial charge in [0.25, 0.3) is 0 Å². The summed E-state index contributed by atoms with van der Waals surface area (Å²) in [6.45, 7) is 2.43. The highest BCUT2D eigenvalue weighted by Gasteiger charge is 2.52. The average Bonchev–Trinajstić information content (AvgIpc) is 3.24. The molecule has 3 aliphatic heterocycles. The Hall–Kier alpha value is -1.75. The molecule has 3 aliphatic rings. The molecule has 3 saturated heterocycles.